The van der Waals surface area contributed by atoms with E-state index in [4.69, 9.17) is 0 Å². The molecular weight excluding hydrogens is 186 g/mol. The Kier molecular flexibility index (Phi) is 4.37. The maximum Gasteiger partial charge on any atom is 0.222 e. The minimum atomic E-state index is 0.299. The summed E-state index contributed by atoms with van der Waals surface area (Å²) in [6.45, 7) is 11.1. The molecule has 0 aromatic rings. The second-order valence-electron chi connectivity index (χ2n) is 4.58. The molecule has 0 aromatic carbocycles. The maximum atomic E-state index is 11.8. The van der Waals surface area contributed by atoms with E-state index >= 15 is 0 Å². The van der Waals surface area contributed by atoms with Crippen molar-refractivity contribution in [2.24, 2.45) is 5.92 Å². The van der Waals surface area contributed by atoms with Gasteiger partial charge in [-0.05, 0) is 32.1 Å². The van der Waals surface area contributed by atoms with Crippen LogP contribution in [0.15, 0.2) is 12.2 Å². The molecule has 1 fully saturated rings. The van der Waals surface area contributed by atoms with Crippen molar-refractivity contribution in [2.75, 3.05) is 6.54 Å². The third-order valence-corrected chi connectivity index (χ3v) is 3.50. The van der Waals surface area contributed by atoms with Crippen molar-refractivity contribution < 1.29 is 4.79 Å². The Balaban J connectivity index is 2.69. The highest BCUT2D eigenvalue weighted by Gasteiger charge is 2.29. The molecule has 1 rings (SSSR count). The van der Waals surface area contributed by atoms with Gasteiger partial charge in [-0.25, -0.2) is 0 Å². The Hall–Kier alpha value is -0.790. The third kappa shape index (κ3) is 2.83. The van der Waals surface area contributed by atoms with E-state index in [1.54, 1.807) is 0 Å². The molecule has 1 amide bonds. The summed E-state index contributed by atoms with van der Waals surface area (Å²) < 4.78 is 0. The zero-order valence-electron chi connectivity index (χ0n) is 10.3. The van der Waals surface area contributed by atoms with Crippen LogP contribution in [-0.4, -0.2) is 23.4 Å². The number of piperidine rings is 1. The van der Waals surface area contributed by atoms with E-state index in [9.17, 15) is 4.79 Å². The summed E-state index contributed by atoms with van der Waals surface area (Å²) in [5.74, 6) is 0.816. The molecule has 0 bridgehead atoms. The SMILES string of the molecule is C=C(C)[C@@H]1CC[C@@H](CC)N(C(=O)CC)C1. The lowest BCUT2D eigenvalue weighted by atomic mass is 9.87. The Morgan fingerprint density at radius 2 is 2.07 bits per heavy atom. The minimum absolute atomic E-state index is 0.299. The minimum Gasteiger partial charge on any atom is -0.339 e. The Morgan fingerprint density at radius 3 is 2.53 bits per heavy atom. The molecule has 15 heavy (non-hydrogen) atoms. The van der Waals surface area contributed by atoms with Crippen LogP contribution in [0.4, 0.5) is 0 Å². The second kappa shape index (κ2) is 5.34. The predicted molar refractivity (Wildman–Crippen MR) is 63.6 cm³/mol. The van der Waals surface area contributed by atoms with Gasteiger partial charge < -0.3 is 4.90 Å². The highest BCUT2D eigenvalue weighted by Crippen LogP contribution is 2.28. The van der Waals surface area contributed by atoms with Gasteiger partial charge in [-0.15, -0.1) is 0 Å². The Labute approximate surface area is 93.3 Å². The lowest BCUT2D eigenvalue weighted by Crippen LogP contribution is -2.46. The second-order valence-corrected chi connectivity index (χ2v) is 4.58. The van der Waals surface area contributed by atoms with Crippen LogP contribution >= 0.6 is 0 Å². The molecule has 86 valence electrons. The van der Waals surface area contributed by atoms with Gasteiger partial charge in [-0.3, -0.25) is 4.79 Å². The molecule has 1 aliphatic heterocycles. The van der Waals surface area contributed by atoms with E-state index in [0.29, 0.717) is 24.3 Å². The first-order chi connectivity index (χ1) is 7.10. The van der Waals surface area contributed by atoms with E-state index in [1.165, 1.54) is 12.0 Å². The Morgan fingerprint density at radius 1 is 1.40 bits per heavy atom. The van der Waals surface area contributed by atoms with Crippen molar-refractivity contribution in [3.8, 4) is 0 Å². The van der Waals surface area contributed by atoms with Crippen molar-refractivity contribution in [1.29, 1.82) is 0 Å². The predicted octanol–water partition coefficient (Wildman–Crippen LogP) is 2.99. The number of likely N-dealkylation sites (tertiary alicyclic amines) is 1. The van der Waals surface area contributed by atoms with Crippen LogP contribution in [0.1, 0.15) is 46.5 Å². The monoisotopic (exact) mass is 209 g/mol. The number of carbonyl (C=O) groups is 1. The van der Waals surface area contributed by atoms with Crippen molar-refractivity contribution in [3.63, 3.8) is 0 Å². The summed E-state index contributed by atoms with van der Waals surface area (Å²) in [4.78, 5) is 13.9. The molecule has 1 aliphatic rings. The van der Waals surface area contributed by atoms with Crippen LogP contribution in [0, 0.1) is 5.92 Å². The number of hydrogen-bond donors (Lipinski definition) is 0. The average Bonchev–Trinajstić information content (AvgIpc) is 2.27. The van der Waals surface area contributed by atoms with E-state index in [1.807, 2.05) is 6.92 Å². The smallest absolute Gasteiger partial charge is 0.222 e. The molecule has 2 atom stereocenters. The summed E-state index contributed by atoms with van der Waals surface area (Å²) in [6, 6.07) is 0.466. The van der Waals surface area contributed by atoms with Crippen LogP contribution in [0.3, 0.4) is 0 Å². The van der Waals surface area contributed by atoms with Gasteiger partial charge >= 0.3 is 0 Å². The summed E-state index contributed by atoms with van der Waals surface area (Å²) in [5, 5.41) is 0. The molecular formula is C13H23NO. The number of hydrogen-bond acceptors (Lipinski definition) is 1. The quantitative estimate of drug-likeness (QED) is 0.654. The first kappa shape index (κ1) is 12.3. The van der Waals surface area contributed by atoms with E-state index < -0.39 is 0 Å². The first-order valence-corrected chi connectivity index (χ1v) is 6.05. The third-order valence-electron chi connectivity index (χ3n) is 3.50. The van der Waals surface area contributed by atoms with Gasteiger partial charge in [0.05, 0.1) is 0 Å². The van der Waals surface area contributed by atoms with Crippen molar-refractivity contribution in [2.45, 2.75) is 52.5 Å². The molecule has 0 spiro atoms. The molecule has 0 radical (unpaired) electrons. The molecule has 2 heteroatoms. The van der Waals surface area contributed by atoms with Crippen LogP contribution in [-0.2, 0) is 4.79 Å². The molecule has 2 nitrogen and oxygen atoms in total. The van der Waals surface area contributed by atoms with Gasteiger partial charge in [0.25, 0.3) is 0 Å². The van der Waals surface area contributed by atoms with Crippen molar-refractivity contribution in [3.05, 3.63) is 12.2 Å². The van der Waals surface area contributed by atoms with Crippen LogP contribution in [0.2, 0.25) is 0 Å². The number of carbonyl (C=O) groups excluding carboxylic acids is 1. The maximum absolute atomic E-state index is 11.8. The topological polar surface area (TPSA) is 20.3 Å². The largest absolute Gasteiger partial charge is 0.339 e. The molecule has 0 aliphatic carbocycles. The zero-order chi connectivity index (χ0) is 11.4. The highest BCUT2D eigenvalue weighted by molar-refractivity contribution is 5.76. The molecule has 0 saturated carbocycles. The number of nitrogens with zero attached hydrogens (tertiary/aromatic N) is 1. The molecule has 1 saturated heterocycles. The Bertz CT molecular complexity index is 247. The van der Waals surface area contributed by atoms with Crippen LogP contribution in [0.25, 0.3) is 0 Å². The standard InChI is InChI=1S/C13H23NO/c1-5-12-8-7-11(10(3)4)9-14(12)13(15)6-2/h11-12H,3,5-9H2,1-2,4H3/t11-,12-/m1/s1. The van der Waals surface area contributed by atoms with Crippen LogP contribution < -0.4 is 0 Å². The fraction of sp³-hybridized carbons (Fsp3) is 0.769. The highest BCUT2D eigenvalue weighted by atomic mass is 16.2. The van der Waals surface area contributed by atoms with E-state index in [2.05, 4.69) is 25.3 Å². The normalized spacial score (nSPS) is 26.5. The van der Waals surface area contributed by atoms with Crippen molar-refractivity contribution in [1.82, 2.24) is 4.90 Å². The zero-order valence-corrected chi connectivity index (χ0v) is 10.3. The van der Waals surface area contributed by atoms with Crippen LogP contribution in [0.5, 0.6) is 0 Å². The van der Waals surface area contributed by atoms with Gasteiger partial charge in [0.15, 0.2) is 0 Å². The summed E-state index contributed by atoms with van der Waals surface area (Å²) in [7, 11) is 0. The average molecular weight is 209 g/mol. The lowest BCUT2D eigenvalue weighted by molar-refractivity contribution is -0.135. The van der Waals surface area contributed by atoms with Gasteiger partial charge in [0, 0.05) is 19.0 Å². The summed E-state index contributed by atoms with van der Waals surface area (Å²) >= 11 is 0. The summed E-state index contributed by atoms with van der Waals surface area (Å²) in [6.07, 6.45) is 4.04. The van der Waals surface area contributed by atoms with Gasteiger partial charge in [-0.2, -0.15) is 0 Å². The van der Waals surface area contributed by atoms with E-state index in [-0.39, 0.29) is 0 Å². The van der Waals surface area contributed by atoms with Gasteiger partial charge in [-0.1, -0.05) is 26.0 Å². The van der Waals surface area contributed by atoms with Gasteiger partial charge in [0.1, 0.15) is 0 Å². The summed E-state index contributed by atoms with van der Waals surface area (Å²) in [5.41, 5.74) is 1.22. The van der Waals surface area contributed by atoms with Gasteiger partial charge in [0.2, 0.25) is 5.91 Å². The number of amides is 1. The molecule has 0 unspecified atom stereocenters. The molecule has 0 N–H and O–H groups in total. The van der Waals surface area contributed by atoms with E-state index in [0.717, 1.165) is 19.4 Å². The molecule has 1 heterocycles. The fourth-order valence-corrected chi connectivity index (χ4v) is 2.36. The molecule has 0 aromatic heterocycles. The fourth-order valence-electron chi connectivity index (χ4n) is 2.36. The number of rotatable bonds is 3. The van der Waals surface area contributed by atoms with Crippen molar-refractivity contribution >= 4 is 5.91 Å². The first-order valence-electron chi connectivity index (χ1n) is 6.05. The lowest BCUT2D eigenvalue weighted by Gasteiger charge is -2.39.